The molecule has 2 rings (SSSR count). The highest BCUT2D eigenvalue weighted by Gasteiger charge is 2.11. The third-order valence-corrected chi connectivity index (χ3v) is 2.40. The Labute approximate surface area is 104 Å². The number of nitrogens with zero attached hydrogens (tertiary/aromatic N) is 4. The molecule has 0 atom stereocenters. The summed E-state index contributed by atoms with van der Waals surface area (Å²) in [5.41, 5.74) is 1.69. The normalized spacial score (nSPS) is 10.2. The summed E-state index contributed by atoms with van der Waals surface area (Å²) in [6.45, 7) is 1.82. The van der Waals surface area contributed by atoms with Crippen LogP contribution in [0.4, 0.5) is 11.5 Å². The second-order valence-corrected chi connectivity index (χ2v) is 3.79. The molecule has 2 aromatic rings. The molecule has 2 heterocycles. The summed E-state index contributed by atoms with van der Waals surface area (Å²) in [5.74, 6) is 0.311. The van der Waals surface area contributed by atoms with Gasteiger partial charge in [-0.3, -0.25) is 9.48 Å². The molecule has 7 heteroatoms. The summed E-state index contributed by atoms with van der Waals surface area (Å²) < 4.78 is 1.64. The number of aromatic nitrogens is 4. The lowest BCUT2D eigenvalue weighted by atomic mass is 10.3. The fraction of sp³-hybridized carbons (Fsp3) is 0.273. The smallest absolute Gasteiger partial charge is 0.275 e. The van der Waals surface area contributed by atoms with Gasteiger partial charge in [-0.05, 0) is 6.92 Å². The molecule has 0 saturated heterocycles. The summed E-state index contributed by atoms with van der Waals surface area (Å²) in [4.78, 5) is 20.0. The van der Waals surface area contributed by atoms with E-state index >= 15 is 0 Å². The Morgan fingerprint density at radius 2 is 2.11 bits per heavy atom. The molecular weight excluding hydrogens is 232 g/mol. The van der Waals surface area contributed by atoms with Crippen LogP contribution in [0.5, 0.6) is 0 Å². The Kier molecular flexibility index (Phi) is 3.22. The molecule has 0 fully saturated rings. The van der Waals surface area contributed by atoms with Gasteiger partial charge in [0, 0.05) is 20.3 Å². The minimum absolute atomic E-state index is 0.261. The van der Waals surface area contributed by atoms with Gasteiger partial charge in [-0.1, -0.05) is 0 Å². The molecule has 18 heavy (non-hydrogen) atoms. The van der Waals surface area contributed by atoms with E-state index in [2.05, 4.69) is 25.7 Å². The first-order valence-electron chi connectivity index (χ1n) is 5.41. The summed E-state index contributed by atoms with van der Waals surface area (Å²) in [7, 11) is 3.53. The van der Waals surface area contributed by atoms with Gasteiger partial charge in [0.25, 0.3) is 5.91 Å². The highest BCUT2D eigenvalue weighted by atomic mass is 16.1. The molecule has 7 nitrogen and oxygen atoms in total. The van der Waals surface area contributed by atoms with Crippen LogP contribution < -0.4 is 10.6 Å². The van der Waals surface area contributed by atoms with Crippen molar-refractivity contribution >= 4 is 17.4 Å². The van der Waals surface area contributed by atoms with Crippen molar-refractivity contribution in [1.82, 2.24) is 19.7 Å². The molecular formula is C11H14N6O. The number of hydrogen-bond acceptors (Lipinski definition) is 5. The van der Waals surface area contributed by atoms with Gasteiger partial charge in [0.15, 0.2) is 0 Å². The second kappa shape index (κ2) is 4.82. The molecule has 0 aliphatic carbocycles. The van der Waals surface area contributed by atoms with Gasteiger partial charge in [0.05, 0.1) is 23.8 Å². The molecule has 0 aromatic carbocycles. The van der Waals surface area contributed by atoms with Crippen LogP contribution in [0.1, 0.15) is 16.2 Å². The molecule has 0 radical (unpaired) electrons. The Balaban J connectivity index is 2.14. The van der Waals surface area contributed by atoms with E-state index in [-0.39, 0.29) is 11.6 Å². The van der Waals surface area contributed by atoms with Crippen molar-refractivity contribution in [3.8, 4) is 0 Å². The lowest BCUT2D eigenvalue weighted by Gasteiger charge is -2.03. The maximum atomic E-state index is 11.9. The third-order valence-electron chi connectivity index (χ3n) is 2.40. The Bertz CT molecular complexity index is 559. The molecule has 1 amide bonds. The number of nitrogens with one attached hydrogen (secondary N) is 2. The number of aryl methyl sites for hydroxylation is 2. The molecule has 94 valence electrons. The molecule has 0 bridgehead atoms. The summed E-state index contributed by atoms with van der Waals surface area (Å²) in [5, 5.41) is 9.72. The predicted octanol–water partition coefficient (Wildman–Crippen LogP) is 0.813. The van der Waals surface area contributed by atoms with E-state index in [0.29, 0.717) is 11.5 Å². The third kappa shape index (κ3) is 2.45. The highest BCUT2D eigenvalue weighted by molar-refractivity contribution is 6.02. The van der Waals surface area contributed by atoms with Gasteiger partial charge in [-0.25, -0.2) is 9.97 Å². The van der Waals surface area contributed by atoms with E-state index in [9.17, 15) is 4.79 Å². The van der Waals surface area contributed by atoms with Crippen LogP contribution in [0.2, 0.25) is 0 Å². The Hall–Kier alpha value is -2.44. The molecule has 0 spiro atoms. The first-order valence-corrected chi connectivity index (χ1v) is 5.41. The number of rotatable bonds is 3. The van der Waals surface area contributed by atoms with Crippen LogP contribution in [0.25, 0.3) is 0 Å². The molecule has 0 aliphatic heterocycles. The van der Waals surface area contributed by atoms with Crippen LogP contribution in [0.15, 0.2) is 18.6 Å². The lowest BCUT2D eigenvalue weighted by Crippen LogP contribution is -2.14. The van der Waals surface area contributed by atoms with Gasteiger partial charge in [-0.15, -0.1) is 0 Å². The maximum absolute atomic E-state index is 11.9. The molecule has 0 unspecified atom stereocenters. The van der Waals surface area contributed by atoms with E-state index in [1.807, 2.05) is 6.92 Å². The first kappa shape index (κ1) is 12.0. The van der Waals surface area contributed by atoms with E-state index < -0.39 is 0 Å². The average molecular weight is 246 g/mol. The van der Waals surface area contributed by atoms with Crippen molar-refractivity contribution in [2.24, 2.45) is 7.05 Å². The van der Waals surface area contributed by atoms with E-state index in [4.69, 9.17) is 0 Å². The Morgan fingerprint density at radius 1 is 1.33 bits per heavy atom. The maximum Gasteiger partial charge on any atom is 0.275 e. The monoisotopic (exact) mass is 246 g/mol. The summed E-state index contributed by atoms with van der Waals surface area (Å²) >= 11 is 0. The van der Waals surface area contributed by atoms with Crippen molar-refractivity contribution in [3.63, 3.8) is 0 Å². The highest BCUT2D eigenvalue weighted by Crippen LogP contribution is 2.12. The van der Waals surface area contributed by atoms with Gasteiger partial charge in [0.1, 0.15) is 11.5 Å². The largest absolute Gasteiger partial charge is 0.372 e. The van der Waals surface area contributed by atoms with Gasteiger partial charge in [-0.2, -0.15) is 5.10 Å². The van der Waals surface area contributed by atoms with Crippen molar-refractivity contribution in [3.05, 3.63) is 30.0 Å². The van der Waals surface area contributed by atoms with Crippen LogP contribution in [-0.4, -0.2) is 32.7 Å². The number of amides is 1. The standard InChI is InChI=1S/C11H14N6O/c1-7-9(6-17(3)16-7)15-11(18)8-4-14-10(12-2)5-13-8/h4-6H,1-3H3,(H,12,14)(H,15,18). The number of carbonyl (C=O) groups excluding carboxylic acids is 1. The zero-order valence-corrected chi connectivity index (χ0v) is 10.4. The van der Waals surface area contributed by atoms with Gasteiger partial charge in [0.2, 0.25) is 0 Å². The van der Waals surface area contributed by atoms with Crippen LogP contribution >= 0.6 is 0 Å². The first-order chi connectivity index (χ1) is 8.60. The summed E-state index contributed by atoms with van der Waals surface area (Å²) in [6, 6.07) is 0. The van der Waals surface area contributed by atoms with Crippen molar-refractivity contribution in [2.75, 3.05) is 17.7 Å². The second-order valence-electron chi connectivity index (χ2n) is 3.79. The molecule has 2 aromatic heterocycles. The van der Waals surface area contributed by atoms with Crippen molar-refractivity contribution < 1.29 is 4.79 Å². The van der Waals surface area contributed by atoms with Gasteiger partial charge >= 0.3 is 0 Å². The van der Waals surface area contributed by atoms with Crippen LogP contribution in [0.3, 0.4) is 0 Å². The fourth-order valence-electron chi connectivity index (χ4n) is 1.48. The SMILES string of the molecule is CNc1cnc(C(=O)Nc2cn(C)nc2C)cn1. The summed E-state index contributed by atoms with van der Waals surface area (Å²) in [6.07, 6.45) is 4.67. The predicted molar refractivity (Wildman–Crippen MR) is 67.5 cm³/mol. The minimum Gasteiger partial charge on any atom is -0.372 e. The van der Waals surface area contributed by atoms with E-state index in [0.717, 1.165) is 5.69 Å². The van der Waals surface area contributed by atoms with Crippen molar-refractivity contribution in [1.29, 1.82) is 0 Å². The quantitative estimate of drug-likeness (QED) is 0.837. The molecule has 0 aliphatic rings. The number of hydrogen-bond donors (Lipinski definition) is 2. The Morgan fingerprint density at radius 3 is 2.61 bits per heavy atom. The molecule has 0 saturated carbocycles. The zero-order chi connectivity index (χ0) is 13.1. The van der Waals surface area contributed by atoms with Crippen LogP contribution in [-0.2, 0) is 7.05 Å². The lowest BCUT2D eigenvalue weighted by molar-refractivity contribution is 0.102. The topological polar surface area (TPSA) is 84.7 Å². The minimum atomic E-state index is -0.304. The molecule has 2 N–H and O–H groups in total. The van der Waals surface area contributed by atoms with E-state index in [1.54, 1.807) is 25.0 Å². The van der Waals surface area contributed by atoms with E-state index in [1.165, 1.54) is 12.4 Å². The van der Waals surface area contributed by atoms with Crippen molar-refractivity contribution in [2.45, 2.75) is 6.92 Å². The average Bonchev–Trinajstić information content (AvgIpc) is 2.68. The number of anilines is 2. The number of carbonyl (C=O) groups is 1. The zero-order valence-electron chi connectivity index (χ0n) is 10.4. The van der Waals surface area contributed by atoms with Crippen LogP contribution in [0, 0.1) is 6.92 Å². The van der Waals surface area contributed by atoms with Gasteiger partial charge < -0.3 is 10.6 Å². The fourth-order valence-corrected chi connectivity index (χ4v) is 1.48.